The zero-order valence-electron chi connectivity index (χ0n) is 18.1. The van der Waals surface area contributed by atoms with Gasteiger partial charge in [-0.3, -0.25) is 4.57 Å². The number of aromatic hydroxyl groups is 1. The zero-order chi connectivity index (χ0) is 25.9. The fourth-order valence-electron chi connectivity index (χ4n) is 3.28. The van der Waals surface area contributed by atoms with Gasteiger partial charge in [0.25, 0.3) is 5.60 Å². The van der Waals surface area contributed by atoms with Crippen molar-refractivity contribution >= 4 is 40.5 Å². The number of aliphatic hydroxyl groups is 1. The summed E-state index contributed by atoms with van der Waals surface area (Å²) in [5.74, 6) is -3.89. The summed E-state index contributed by atoms with van der Waals surface area (Å²) in [5.41, 5.74) is 3.03. The summed E-state index contributed by atoms with van der Waals surface area (Å²) in [6, 6.07) is 5.14. The lowest BCUT2D eigenvalue weighted by Crippen LogP contribution is -2.53. The molecule has 0 fully saturated rings. The molecular weight excluding hydrogens is 493 g/mol. The molecule has 0 amide bonds. The minimum Gasteiger partial charge on any atom is -0.508 e. The van der Waals surface area contributed by atoms with E-state index in [9.17, 15) is 30.0 Å². The number of nitrogens with zero attached hydrogens (tertiary/aromatic N) is 4. The van der Waals surface area contributed by atoms with Crippen LogP contribution in [0.5, 0.6) is 5.75 Å². The van der Waals surface area contributed by atoms with Crippen molar-refractivity contribution in [3.8, 4) is 5.75 Å². The SMILES string of the molecule is CO[C@H](COC(Cc1ccc(O)cc1)(C(=O)O)C(=O)O)[C@@H](O)[C@H](F)n1cnc2c(N)nc(Cl)nc21. The van der Waals surface area contributed by atoms with Gasteiger partial charge in [-0.05, 0) is 29.3 Å². The number of benzene rings is 1. The number of fused-ring (bicyclic) bond motifs is 1. The molecule has 3 rings (SSSR count). The molecule has 2 aromatic heterocycles. The first-order chi connectivity index (χ1) is 16.5. The van der Waals surface area contributed by atoms with E-state index >= 15 is 4.39 Å². The molecule has 35 heavy (non-hydrogen) atoms. The Morgan fingerprint density at radius 3 is 2.43 bits per heavy atom. The number of ether oxygens (including phenoxy) is 2. The van der Waals surface area contributed by atoms with Crippen molar-refractivity contribution in [1.29, 1.82) is 0 Å². The number of aromatic nitrogens is 4. The average molecular weight is 514 g/mol. The molecule has 3 aromatic rings. The average Bonchev–Trinajstić information content (AvgIpc) is 3.23. The van der Waals surface area contributed by atoms with Crippen LogP contribution in [0.25, 0.3) is 11.2 Å². The van der Waals surface area contributed by atoms with E-state index in [1.165, 1.54) is 24.3 Å². The fraction of sp³-hybridized carbons (Fsp3) is 0.350. The van der Waals surface area contributed by atoms with Crippen LogP contribution in [-0.2, 0) is 25.5 Å². The third-order valence-electron chi connectivity index (χ3n) is 5.23. The van der Waals surface area contributed by atoms with Crippen molar-refractivity contribution in [3.63, 3.8) is 0 Å². The third kappa shape index (κ3) is 5.24. The van der Waals surface area contributed by atoms with Crippen LogP contribution >= 0.6 is 11.6 Å². The van der Waals surface area contributed by atoms with Crippen LogP contribution in [0.3, 0.4) is 0 Å². The lowest BCUT2D eigenvalue weighted by molar-refractivity contribution is -0.192. The second kappa shape index (κ2) is 10.4. The number of halogens is 2. The van der Waals surface area contributed by atoms with Crippen LogP contribution in [0.1, 0.15) is 11.9 Å². The topological polar surface area (TPSA) is 203 Å². The van der Waals surface area contributed by atoms with Crippen molar-refractivity contribution in [2.45, 2.75) is 30.5 Å². The van der Waals surface area contributed by atoms with E-state index in [4.69, 9.17) is 26.8 Å². The third-order valence-corrected chi connectivity index (χ3v) is 5.40. The first-order valence-electron chi connectivity index (χ1n) is 9.89. The van der Waals surface area contributed by atoms with Crippen molar-refractivity contribution < 1.29 is 43.9 Å². The van der Waals surface area contributed by atoms with Gasteiger partial charge in [0, 0.05) is 13.5 Å². The number of carboxylic acid groups (broad SMARTS) is 2. The molecule has 0 aliphatic carbocycles. The highest BCUT2D eigenvalue weighted by Gasteiger charge is 2.49. The second-order valence-corrected chi connectivity index (χ2v) is 7.77. The first kappa shape index (κ1) is 26.0. The molecule has 1 aromatic carbocycles. The van der Waals surface area contributed by atoms with Gasteiger partial charge in [0.1, 0.15) is 23.5 Å². The van der Waals surface area contributed by atoms with Crippen LogP contribution in [-0.4, -0.2) is 83.4 Å². The van der Waals surface area contributed by atoms with E-state index in [2.05, 4.69) is 15.0 Å². The Kier molecular flexibility index (Phi) is 7.70. The number of nitrogens with two attached hydrogens (primary N) is 1. The number of hydrogen-bond donors (Lipinski definition) is 5. The molecule has 0 saturated carbocycles. The summed E-state index contributed by atoms with van der Waals surface area (Å²) in [7, 11) is 1.09. The number of hydrogen-bond acceptors (Lipinski definition) is 10. The molecule has 0 unspecified atom stereocenters. The molecule has 15 heteroatoms. The molecule has 0 aliphatic heterocycles. The Labute approximate surface area is 201 Å². The van der Waals surface area contributed by atoms with Gasteiger partial charge >= 0.3 is 11.9 Å². The quantitative estimate of drug-likeness (QED) is 0.178. The van der Waals surface area contributed by atoms with Gasteiger partial charge in [0.2, 0.25) is 11.6 Å². The van der Waals surface area contributed by atoms with Gasteiger partial charge in [-0.1, -0.05) is 12.1 Å². The lowest BCUT2D eigenvalue weighted by Gasteiger charge is -2.30. The number of carbonyl (C=O) groups is 2. The van der Waals surface area contributed by atoms with Crippen LogP contribution in [0.15, 0.2) is 30.6 Å². The number of methoxy groups -OCH3 is 1. The fourth-order valence-corrected chi connectivity index (χ4v) is 3.45. The van der Waals surface area contributed by atoms with Gasteiger partial charge in [0.15, 0.2) is 11.5 Å². The van der Waals surface area contributed by atoms with Gasteiger partial charge in [-0.15, -0.1) is 0 Å². The number of nitrogen functional groups attached to an aromatic ring is 1. The highest BCUT2D eigenvalue weighted by molar-refractivity contribution is 6.28. The van der Waals surface area contributed by atoms with Crippen molar-refractivity contribution in [2.75, 3.05) is 19.5 Å². The summed E-state index contributed by atoms with van der Waals surface area (Å²) in [6.07, 6.45) is -5.39. The van der Waals surface area contributed by atoms with E-state index in [-0.39, 0.29) is 33.6 Å². The summed E-state index contributed by atoms with van der Waals surface area (Å²) in [6.45, 7) is -0.820. The molecule has 0 aliphatic rings. The van der Waals surface area contributed by atoms with Crippen LogP contribution in [0, 0.1) is 0 Å². The maximum Gasteiger partial charge on any atom is 0.348 e. The summed E-state index contributed by atoms with van der Waals surface area (Å²) < 4.78 is 26.4. The maximum absolute atomic E-state index is 15.3. The van der Waals surface area contributed by atoms with E-state index in [1.54, 1.807) is 0 Å². The number of phenolic OH excluding ortho intramolecular Hbond substituents is 1. The highest BCUT2D eigenvalue weighted by Crippen LogP contribution is 2.27. The Bertz CT molecular complexity index is 1210. The van der Waals surface area contributed by atoms with E-state index < -0.39 is 49.1 Å². The van der Waals surface area contributed by atoms with Crippen LogP contribution < -0.4 is 5.73 Å². The summed E-state index contributed by atoms with van der Waals surface area (Å²) in [4.78, 5) is 35.3. The van der Waals surface area contributed by atoms with Crippen molar-refractivity contribution in [3.05, 3.63) is 41.4 Å². The number of anilines is 1. The lowest BCUT2D eigenvalue weighted by atomic mass is 9.94. The molecule has 0 saturated heterocycles. The molecule has 2 heterocycles. The van der Waals surface area contributed by atoms with Gasteiger partial charge in [-0.2, -0.15) is 9.97 Å². The Morgan fingerprint density at radius 1 is 1.23 bits per heavy atom. The number of carboxylic acids is 2. The number of phenols is 1. The monoisotopic (exact) mass is 513 g/mol. The molecule has 13 nitrogen and oxygen atoms in total. The molecule has 3 atom stereocenters. The Morgan fingerprint density at radius 2 is 1.86 bits per heavy atom. The van der Waals surface area contributed by atoms with Gasteiger partial charge in [-0.25, -0.2) is 19.0 Å². The minimum atomic E-state index is -2.80. The van der Waals surface area contributed by atoms with E-state index in [0.717, 1.165) is 18.0 Å². The standard InChI is InChI=1S/C20H21ClFN5O8/c1-34-11(13(29)14(22)27-8-24-12-15(23)25-19(21)26-16(12)27)7-35-20(17(30)31,18(32)33)6-9-2-4-10(28)5-3-9/h2-5,8,11,13-14,28-29H,6-7H2,1H3,(H,30,31)(H,32,33)(H2,23,25,26)/t11-,13-,14-/m1/s1. The first-order valence-corrected chi connectivity index (χ1v) is 10.3. The second-order valence-electron chi connectivity index (χ2n) is 7.43. The normalized spacial score (nSPS) is 14.5. The molecule has 0 radical (unpaired) electrons. The number of alkyl halides is 1. The molecule has 188 valence electrons. The maximum atomic E-state index is 15.3. The number of rotatable bonds is 11. The molecular formula is C20H21ClFN5O8. The minimum absolute atomic E-state index is 0.0270. The van der Waals surface area contributed by atoms with E-state index in [0.29, 0.717) is 0 Å². The number of imidazole rings is 1. The summed E-state index contributed by atoms with van der Waals surface area (Å²) >= 11 is 5.76. The van der Waals surface area contributed by atoms with Gasteiger partial charge in [0.05, 0.1) is 12.9 Å². The van der Waals surface area contributed by atoms with E-state index in [1.807, 2.05) is 0 Å². The number of aliphatic hydroxyl groups excluding tert-OH is 1. The van der Waals surface area contributed by atoms with Crippen molar-refractivity contribution in [1.82, 2.24) is 19.5 Å². The van der Waals surface area contributed by atoms with Crippen LogP contribution in [0.2, 0.25) is 5.28 Å². The Balaban J connectivity index is 1.84. The number of aliphatic carboxylic acids is 2. The Hall–Kier alpha value is -3.59. The van der Waals surface area contributed by atoms with Gasteiger partial charge < -0.3 is 35.6 Å². The van der Waals surface area contributed by atoms with Crippen molar-refractivity contribution in [2.24, 2.45) is 0 Å². The predicted octanol–water partition coefficient (Wildman–Crippen LogP) is 0.779. The largest absolute Gasteiger partial charge is 0.508 e. The molecule has 0 spiro atoms. The zero-order valence-corrected chi connectivity index (χ0v) is 18.8. The molecule has 0 bridgehead atoms. The summed E-state index contributed by atoms with van der Waals surface area (Å²) in [5, 5.41) is 39.1. The van der Waals surface area contributed by atoms with Crippen LogP contribution in [0.4, 0.5) is 10.2 Å². The molecule has 6 N–H and O–H groups in total. The smallest absolute Gasteiger partial charge is 0.348 e. The highest BCUT2D eigenvalue weighted by atomic mass is 35.5. The predicted molar refractivity (Wildman–Crippen MR) is 117 cm³/mol.